The number of aryl methyl sites for hydroxylation is 1. The fraction of sp³-hybridized carbons (Fsp3) is 0.421. The van der Waals surface area contributed by atoms with Crippen LogP contribution in [-0.2, 0) is 40.3 Å². The highest BCUT2D eigenvalue weighted by Crippen LogP contribution is 2.24. The predicted octanol–water partition coefficient (Wildman–Crippen LogP) is 1.58. The normalized spacial score (nSPS) is 16.1. The Morgan fingerprint density at radius 2 is 1.96 bits per heavy atom. The van der Waals surface area contributed by atoms with Crippen molar-refractivity contribution in [2.75, 3.05) is 14.2 Å². The van der Waals surface area contributed by atoms with Crippen LogP contribution in [0.4, 0.5) is 0 Å². The van der Waals surface area contributed by atoms with Crippen LogP contribution in [0.1, 0.15) is 23.9 Å². The van der Waals surface area contributed by atoms with E-state index in [9.17, 15) is 9.59 Å². The second kappa shape index (κ2) is 7.59. The molecule has 1 atom stereocenters. The number of fused-ring (bicyclic) bond motifs is 1. The van der Waals surface area contributed by atoms with Crippen LogP contribution >= 0.6 is 0 Å². The molecule has 0 saturated carbocycles. The first-order valence-electron chi connectivity index (χ1n) is 8.60. The first-order chi connectivity index (χ1) is 12.6. The Hall–Kier alpha value is -2.83. The van der Waals surface area contributed by atoms with Crippen LogP contribution in [0.25, 0.3) is 0 Å². The zero-order chi connectivity index (χ0) is 18.7. The van der Waals surface area contributed by atoms with E-state index in [0.29, 0.717) is 13.0 Å². The minimum absolute atomic E-state index is 0.111. The molecule has 0 radical (unpaired) electrons. The first-order valence-corrected chi connectivity index (χ1v) is 8.60. The van der Waals surface area contributed by atoms with Gasteiger partial charge in [-0.3, -0.25) is 4.79 Å². The summed E-state index contributed by atoms with van der Waals surface area (Å²) >= 11 is 0. The lowest BCUT2D eigenvalue weighted by Crippen LogP contribution is -2.50. The topological polar surface area (TPSA) is 73.7 Å². The second-order valence-electron chi connectivity index (χ2n) is 6.21. The summed E-state index contributed by atoms with van der Waals surface area (Å²) in [6, 6.07) is 6.71. The zero-order valence-corrected chi connectivity index (χ0v) is 15.3. The number of nitrogens with zero attached hydrogens (tertiary/aromatic N) is 3. The molecule has 2 aromatic rings. The SMILES string of the molecule is CCn1cnc2c1CN(C(=O)Cc1ccc(OC)cc1)C(C(=O)OC)C2. The third kappa shape index (κ3) is 3.42. The fourth-order valence-corrected chi connectivity index (χ4v) is 3.27. The van der Waals surface area contributed by atoms with E-state index >= 15 is 0 Å². The van der Waals surface area contributed by atoms with Crippen LogP contribution in [0, 0.1) is 0 Å². The van der Waals surface area contributed by atoms with Crippen molar-refractivity contribution in [3.05, 3.63) is 47.5 Å². The van der Waals surface area contributed by atoms with Crippen molar-refractivity contribution in [2.45, 2.75) is 38.9 Å². The lowest BCUT2D eigenvalue weighted by molar-refractivity contribution is -0.153. The molecule has 7 nitrogen and oxygen atoms in total. The van der Waals surface area contributed by atoms with Gasteiger partial charge in [0.25, 0.3) is 0 Å². The van der Waals surface area contributed by atoms with Gasteiger partial charge in [-0.15, -0.1) is 0 Å². The number of carbonyl (C=O) groups is 2. The van der Waals surface area contributed by atoms with Gasteiger partial charge in [0.15, 0.2) is 0 Å². The quantitative estimate of drug-likeness (QED) is 0.760. The molecule has 1 unspecified atom stereocenters. The van der Waals surface area contributed by atoms with Crippen LogP contribution in [-0.4, -0.2) is 46.6 Å². The predicted molar refractivity (Wildman–Crippen MR) is 94.7 cm³/mol. The molecule has 2 heterocycles. The first kappa shape index (κ1) is 18.0. The maximum atomic E-state index is 12.9. The van der Waals surface area contributed by atoms with Crippen molar-refractivity contribution in [2.24, 2.45) is 0 Å². The average molecular weight is 357 g/mol. The maximum absolute atomic E-state index is 12.9. The van der Waals surface area contributed by atoms with Crippen molar-refractivity contribution in [3.63, 3.8) is 0 Å². The molecule has 7 heteroatoms. The third-order valence-electron chi connectivity index (χ3n) is 4.76. The molecule has 1 aromatic carbocycles. The van der Waals surface area contributed by atoms with Crippen LogP contribution in [0.3, 0.4) is 0 Å². The van der Waals surface area contributed by atoms with Gasteiger partial charge in [-0.25, -0.2) is 9.78 Å². The smallest absolute Gasteiger partial charge is 0.329 e. The van der Waals surface area contributed by atoms with E-state index in [0.717, 1.165) is 29.2 Å². The zero-order valence-electron chi connectivity index (χ0n) is 15.3. The molecule has 0 N–H and O–H groups in total. The van der Waals surface area contributed by atoms with Gasteiger partial charge in [-0.1, -0.05) is 12.1 Å². The number of methoxy groups -OCH3 is 2. The minimum atomic E-state index is -0.640. The monoisotopic (exact) mass is 357 g/mol. The van der Waals surface area contributed by atoms with Crippen molar-refractivity contribution < 1.29 is 19.1 Å². The molecule has 138 valence electrons. The lowest BCUT2D eigenvalue weighted by atomic mass is 10.0. The molecule has 1 aromatic heterocycles. The van der Waals surface area contributed by atoms with Gasteiger partial charge in [0.1, 0.15) is 11.8 Å². The van der Waals surface area contributed by atoms with Gasteiger partial charge >= 0.3 is 5.97 Å². The van der Waals surface area contributed by atoms with Gasteiger partial charge in [-0.05, 0) is 24.6 Å². The number of benzene rings is 1. The number of imidazole rings is 1. The molecule has 1 aliphatic heterocycles. The number of rotatable bonds is 5. The van der Waals surface area contributed by atoms with Crippen LogP contribution < -0.4 is 4.74 Å². The molecule has 0 spiro atoms. The molecular formula is C19H23N3O4. The molecule has 26 heavy (non-hydrogen) atoms. The molecular weight excluding hydrogens is 334 g/mol. The molecule has 0 bridgehead atoms. The average Bonchev–Trinajstić information content (AvgIpc) is 3.09. The standard InChI is InChI=1S/C19H23N3O4/c1-4-21-12-20-15-10-16(19(24)26-3)22(11-17(15)21)18(23)9-13-5-7-14(25-2)8-6-13/h5-8,12,16H,4,9-11H2,1-3H3. The fourth-order valence-electron chi connectivity index (χ4n) is 3.27. The Labute approximate surface area is 152 Å². The molecule has 0 fully saturated rings. The number of carbonyl (C=O) groups excluding carboxylic acids is 2. The minimum Gasteiger partial charge on any atom is -0.497 e. The van der Waals surface area contributed by atoms with Crippen molar-refractivity contribution in [1.29, 1.82) is 0 Å². The van der Waals surface area contributed by atoms with E-state index in [2.05, 4.69) is 4.98 Å². The Morgan fingerprint density at radius 1 is 1.23 bits per heavy atom. The molecule has 0 saturated heterocycles. The van der Waals surface area contributed by atoms with Gasteiger partial charge in [0, 0.05) is 13.0 Å². The number of ether oxygens (including phenoxy) is 2. The molecule has 3 rings (SSSR count). The van der Waals surface area contributed by atoms with E-state index in [-0.39, 0.29) is 12.3 Å². The molecule has 1 amide bonds. The van der Waals surface area contributed by atoms with E-state index in [1.165, 1.54) is 7.11 Å². The van der Waals surface area contributed by atoms with Gasteiger partial charge in [-0.2, -0.15) is 0 Å². The number of aromatic nitrogens is 2. The number of hydrogen-bond donors (Lipinski definition) is 0. The van der Waals surface area contributed by atoms with E-state index in [4.69, 9.17) is 9.47 Å². The Kier molecular flexibility index (Phi) is 5.25. The van der Waals surface area contributed by atoms with Crippen molar-refractivity contribution >= 4 is 11.9 Å². The van der Waals surface area contributed by atoms with Gasteiger partial charge < -0.3 is 18.9 Å². The summed E-state index contributed by atoms with van der Waals surface area (Å²) in [5, 5.41) is 0. The number of esters is 1. The molecule has 0 aliphatic carbocycles. The van der Waals surface area contributed by atoms with Crippen LogP contribution in [0.5, 0.6) is 5.75 Å². The van der Waals surface area contributed by atoms with Crippen LogP contribution in [0.2, 0.25) is 0 Å². The van der Waals surface area contributed by atoms with E-state index in [1.54, 1.807) is 18.3 Å². The highest BCUT2D eigenvalue weighted by molar-refractivity contribution is 5.86. The second-order valence-corrected chi connectivity index (χ2v) is 6.21. The number of hydrogen-bond acceptors (Lipinski definition) is 5. The number of amides is 1. The summed E-state index contributed by atoms with van der Waals surface area (Å²) < 4.78 is 12.1. The third-order valence-corrected chi connectivity index (χ3v) is 4.76. The highest BCUT2D eigenvalue weighted by atomic mass is 16.5. The van der Waals surface area contributed by atoms with E-state index in [1.807, 2.05) is 35.8 Å². The van der Waals surface area contributed by atoms with Gasteiger partial charge in [0.2, 0.25) is 5.91 Å². The highest BCUT2D eigenvalue weighted by Gasteiger charge is 2.37. The largest absolute Gasteiger partial charge is 0.497 e. The van der Waals surface area contributed by atoms with Crippen molar-refractivity contribution in [1.82, 2.24) is 14.5 Å². The molecule has 1 aliphatic rings. The summed E-state index contributed by atoms with van der Waals surface area (Å²) in [4.78, 5) is 31.2. The summed E-state index contributed by atoms with van der Waals surface area (Å²) in [6.45, 7) is 3.15. The van der Waals surface area contributed by atoms with Gasteiger partial charge in [0.05, 0.1) is 44.9 Å². The lowest BCUT2D eigenvalue weighted by Gasteiger charge is -2.34. The van der Waals surface area contributed by atoms with E-state index < -0.39 is 12.0 Å². The van der Waals surface area contributed by atoms with Crippen LogP contribution in [0.15, 0.2) is 30.6 Å². The summed E-state index contributed by atoms with van der Waals surface area (Å²) in [5.74, 6) is 0.216. The summed E-state index contributed by atoms with van der Waals surface area (Å²) in [6.07, 6.45) is 2.35. The summed E-state index contributed by atoms with van der Waals surface area (Å²) in [5.41, 5.74) is 2.71. The Bertz CT molecular complexity index is 798. The Balaban J connectivity index is 1.83. The Morgan fingerprint density at radius 3 is 2.58 bits per heavy atom. The van der Waals surface area contributed by atoms with Crippen molar-refractivity contribution in [3.8, 4) is 5.75 Å². The summed E-state index contributed by atoms with van der Waals surface area (Å²) in [7, 11) is 2.94. The maximum Gasteiger partial charge on any atom is 0.329 e.